The zero-order chi connectivity index (χ0) is 27.1. The van der Waals surface area contributed by atoms with E-state index in [0.29, 0.717) is 33.7 Å². The third-order valence-electron chi connectivity index (χ3n) is 6.33. The molecule has 5 rings (SSSR count). The van der Waals surface area contributed by atoms with Crippen LogP contribution in [0.4, 0.5) is 0 Å². The van der Waals surface area contributed by atoms with E-state index >= 15 is 0 Å². The van der Waals surface area contributed by atoms with Crippen LogP contribution in [0.1, 0.15) is 40.2 Å². The summed E-state index contributed by atoms with van der Waals surface area (Å²) in [5.41, 5.74) is 9.12. The van der Waals surface area contributed by atoms with Crippen LogP contribution < -0.4 is 20.6 Å². The smallest absolute Gasteiger partial charge is 0.271 e. The van der Waals surface area contributed by atoms with Gasteiger partial charge in [-0.15, -0.1) is 0 Å². The van der Waals surface area contributed by atoms with Crippen LogP contribution in [0.3, 0.4) is 0 Å². The number of aryl methyl sites for hydroxylation is 1. The third kappa shape index (κ3) is 4.54. The standard InChI is InChI=1S/C29H24ClN3O5/c1-14-11-19(16(3)37-22-8-9-23(30)33-25(22)29(31)35)28-20(12-14)26(34)15(2)27(38-28)18-5-7-21-17(13-18)6-10-24(32-21)36-4/h5-13,16H,1-4H3,(H2,31,35). The number of carbonyl (C=O) groups excluding carboxylic acids is 1. The van der Waals surface area contributed by atoms with E-state index in [1.165, 1.54) is 12.1 Å². The Hall–Kier alpha value is -4.43. The van der Waals surface area contributed by atoms with Crippen LogP contribution in [0, 0.1) is 13.8 Å². The number of primary amides is 1. The minimum absolute atomic E-state index is 0.0827. The lowest BCUT2D eigenvalue weighted by atomic mass is 9.99. The first-order valence-electron chi connectivity index (χ1n) is 11.8. The molecule has 8 nitrogen and oxygen atoms in total. The Morgan fingerprint density at radius 3 is 2.58 bits per heavy atom. The van der Waals surface area contributed by atoms with Gasteiger partial charge < -0.3 is 19.6 Å². The van der Waals surface area contributed by atoms with Crippen LogP contribution >= 0.6 is 11.6 Å². The molecule has 0 aliphatic carbocycles. The fraction of sp³-hybridized carbons (Fsp3) is 0.172. The Labute approximate surface area is 223 Å². The van der Waals surface area contributed by atoms with Gasteiger partial charge in [0, 0.05) is 28.1 Å². The normalized spacial score (nSPS) is 12.0. The van der Waals surface area contributed by atoms with Gasteiger partial charge in [0.15, 0.2) is 16.9 Å². The summed E-state index contributed by atoms with van der Waals surface area (Å²) in [4.78, 5) is 33.9. The van der Waals surface area contributed by atoms with Crippen LogP contribution in [-0.2, 0) is 0 Å². The van der Waals surface area contributed by atoms with E-state index in [1.807, 2.05) is 37.3 Å². The highest BCUT2D eigenvalue weighted by atomic mass is 35.5. The third-order valence-corrected chi connectivity index (χ3v) is 6.54. The van der Waals surface area contributed by atoms with E-state index in [1.54, 1.807) is 33.1 Å². The van der Waals surface area contributed by atoms with Gasteiger partial charge in [-0.05, 0) is 74.9 Å². The van der Waals surface area contributed by atoms with E-state index in [4.69, 9.17) is 31.2 Å². The number of hydrogen-bond acceptors (Lipinski definition) is 7. The lowest BCUT2D eigenvalue weighted by molar-refractivity contribution is 0.0988. The summed E-state index contributed by atoms with van der Waals surface area (Å²) in [7, 11) is 1.57. The number of nitrogens with zero attached hydrogens (tertiary/aromatic N) is 2. The van der Waals surface area contributed by atoms with Crippen molar-refractivity contribution in [1.29, 1.82) is 0 Å². The van der Waals surface area contributed by atoms with Gasteiger partial charge in [0.25, 0.3) is 5.91 Å². The second kappa shape index (κ2) is 9.79. The predicted molar refractivity (Wildman–Crippen MR) is 146 cm³/mol. The summed E-state index contributed by atoms with van der Waals surface area (Å²) in [6.07, 6.45) is -0.620. The number of ether oxygens (including phenoxy) is 2. The number of rotatable bonds is 6. The van der Waals surface area contributed by atoms with Crippen LogP contribution in [0.2, 0.25) is 5.15 Å². The van der Waals surface area contributed by atoms with Gasteiger partial charge in [-0.1, -0.05) is 11.6 Å². The first-order valence-corrected chi connectivity index (χ1v) is 12.2. The number of carbonyl (C=O) groups is 1. The average Bonchev–Trinajstić information content (AvgIpc) is 2.90. The van der Waals surface area contributed by atoms with Crippen molar-refractivity contribution < 1.29 is 18.7 Å². The molecule has 0 aliphatic rings. The van der Waals surface area contributed by atoms with Crippen molar-refractivity contribution in [1.82, 2.24) is 9.97 Å². The molecular formula is C29H24ClN3O5. The Balaban J connectivity index is 1.65. The van der Waals surface area contributed by atoms with E-state index < -0.39 is 12.0 Å². The lowest BCUT2D eigenvalue weighted by Crippen LogP contribution is -2.17. The highest BCUT2D eigenvalue weighted by Crippen LogP contribution is 2.34. The maximum Gasteiger partial charge on any atom is 0.271 e. The first-order chi connectivity index (χ1) is 18.2. The fourth-order valence-electron chi connectivity index (χ4n) is 4.45. The van der Waals surface area contributed by atoms with Gasteiger partial charge in [-0.25, -0.2) is 9.97 Å². The molecule has 1 unspecified atom stereocenters. The predicted octanol–water partition coefficient (Wildman–Crippen LogP) is 5.92. The maximum atomic E-state index is 13.5. The van der Waals surface area contributed by atoms with Gasteiger partial charge in [-0.3, -0.25) is 9.59 Å². The number of halogens is 1. The molecular weight excluding hydrogens is 506 g/mol. The molecule has 1 atom stereocenters. The minimum atomic E-state index is -0.767. The van der Waals surface area contributed by atoms with Crippen LogP contribution in [0.15, 0.2) is 63.8 Å². The molecule has 0 radical (unpaired) electrons. The molecule has 0 saturated carbocycles. The lowest BCUT2D eigenvalue weighted by Gasteiger charge is -2.19. The van der Waals surface area contributed by atoms with Gasteiger partial charge in [0.2, 0.25) is 5.88 Å². The molecule has 5 aromatic rings. The number of methoxy groups -OCH3 is 1. The van der Waals surface area contributed by atoms with Crippen molar-refractivity contribution in [2.45, 2.75) is 26.9 Å². The fourth-order valence-corrected chi connectivity index (χ4v) is 4.60. The van der Waals surface area contributed by atoms with Crippen LogP contribution in [0.25, 0.3) is 33.2 Å². The minimum Gasteiger partial charge on any atom is -0.483 e. The van der Waals surface area contributed by atoms with E-state index in [2.05, 4.69) is 9.97 Å². The average molecular weight is 530 g/mol. The van der Waals surface area contributed by atoms with Gasteiger partial charge >= 0.3 is 0 Å². The Kier molecular flexibility index (Phi) is 6.50. The Morgan fingerprint density at radius 2 is 1.84 bits per heavy atom. The van der Waals surface area contributed by atoms with Crippen LogP contribution in [-0.4, -0.2) is 23.0 Å². The molecule has 0 saturated heterocycles. The molecule has 192 valence electrons. The molecule has 3 heterocycles. The SMILES string of the molecule is COc1ccc2cc(-c3oc4c(C(C)Oc5ccc(Cl)nc5C(N)=O)cc(C)cc4c(=O)c3C)ccc2n1. The largest absolute Gasteiger partial charge is 0.483 e. The number of benzene rings is 2. The summed E-state index contributed by atoms with van der Waals surface area (Å²) in [5.74, 6) is 0.374. The molecule has 0 spiro atoms. The molecule has 0 fully saturated rings. The molecule has 9 heteroatoms. The van der Waals surface area contributed by atoms with E-state index in [9.17, 15) is 9.59 Å². The van der Waals surface area contributed by atoms with E-state index in [-0.39, 0.29) is 22.0 Å². The first kappa shape index (κ1) is 25.2. The number of hydrogen-bond donors (Lipinski definition) is 1. The summed E-state index contributed by atoms with van der Waals surface area (Å²) < 4.78 is 17.8. The zero-order valence-electron chi connectivity index (χ0n) is 21.2. The van der Waals surface area contributed by atoms with E-state index in [0.717, 1.165) is 22.0 Å². The maximum absolute atomic E-state index is 13.5. The summed E-state index contributed by atoms with van der Waals surface area (Å²) in [6.45, 7) is 5.43. The summed E-state index contributed by atoms with van der Waals surface area (Å²) >= 11 is 5.94. The van der Waals surface area contributed by atoms with Gasteiger partial charge in [0.1, 0.15) is 22.6 Å². The highest BCUT2D eigenvalue weighted by molar-refractivity contribution is 6.29. The summed E-state index contributed by atoms with van der Waals surface area (Å²) in [6, 6.07) is 16.1. The van der Waals surface area contributed by atoms with Gasteiger partial charge in [0.05, 0.1) is 18.0 Å². The second-order valence-corrected chi connectivity index (χ2v) is 9.37. The molecule has 3 aromatic heterocycles. The number of nitrogens with two attached hydrogens (primary N) is 1. The van der Waals surface area contributed by atoms with Crippen LogP contribution in [0.5, 0.6) is 11.6 Å². The Morgan fingerprint density at radius 1 is 1.05 bits per heavy atom. The highest BCUT2D eigenvalue weighted by Gasteiger charge is 2.22. The zero-order valence-corrected chi connectivity index (χ0v) is 21.9. The van der Waals surface area contributed by atoms with Crippen molar-refractivity contribution in [2.24, 2.45) is 5.73 Å². The monoisotopic (exact) mass is 529 g/mol. The molecule has 1 amide bonds. The number of fused-ring (bicyclic) bond motifs is 2. The number of pyridine rings is 2. The molecule has 38 heavy (non-hydrogen) atoms. The molecule has 0 bridgehead atoms. The summed E-state index contributed by atoms with van der Waals surface area (Å²) in [5, 5.41) is 1.43. The molecule has 0 aliphatic heterocycles. The second-order valence-electron chi connectivity index (χ2n) is 8.98. The Bertz CT molecular complexity index is 1800. The molecule has 2 N–H and O–H groups in total. The quantitative estimate of drug-likeness (QED) is 0.271. The van der Waals surface area contributed by atoms with Crippen molar-refractivity contribution in [3.63, 3.8) is 0 Å². The van der Waals surface area contributed by atoms with Crippen molar-refractivity contribution >= 4 is 39.4 Å². The van der Waals surface area contributed by atoms with Gasteiger partial charge in [-0.2, -0.15) is 0 Å². The van der Waals surface area contributed by atoms with Crippen molar-refractivity contribution in [3.05, 3.63) is 92.4 Å². The van der Waals surface area contributed by atoms with Crippen molar-refractivity contribution in [2.75, 3.05) is 7.11 Å². The number of aromatic nitrogens is 2. The number of amides is 1. The van der Waals surface area contributed by atoms with Crippen molar-refractivity contribution in [3.8, 4) is 23.0 Å². The topological polar surface area (TPSA) is 118 Å². The molecule has 2 aromatic carbocycles.